The first-order chi connectivity index (χ1) is 14.0. The van der Waals surface area contributed by atoms with Gasteiger partial charge in [-0.25, -0.2) is 9.97 Å². The number of rotatable bonds is 3. The number of fused-ring (bicyclic) bond motifs is 3. The summed E-state index contributed by atoms with van der Waals surface area (Å²) in [7, 11) is 0. The van der Waals surface area contributed by atoms with Gasteiger partial charge in [-0.1, -0.05) is 44.2 Å². The van der Waals surface area contributed by atoms with Crippen LogP contribution in [0.25, 0.3) is 39.1 Å². The number of benzene rings is 2. The van der Waals surface area contributed by atoms with Crippen molar-refractivity contribution in [3.63, 3.8) is 0 Å². The third-order valence-corrected chi connectivity index (χ3v) is 5.54. The summed E-state index contributed by atoms with van der Waals surface area (Å²) in [6, 6.07) is 16.9. The zero-order valence-corrected chi connectivity index (χ0v) is 17.1. The van der Waals surface area contributed by atoms with Crippen molar-refractivity contribution in [2.24, 2.45) is 0 Å². The molecule has 0 fully saturated rings. The second-order valence-electron chi connectivity index (χ2n) is 7.88. The second-order valence-corrected chi connectivity index (χ2v) is 7.88. The molecule has 0 atom stereocenters. The van der Waals surface area contributed by atoms with E-state index in [0.717, 1.165) is 44.7 Å². The van der Waals surface area contributed by atoms with Crippen LogP contribution in [0.1, 0.15) is 36.6 Å². The number of imidazole rings is 1. The molecule has 0 bridgehead atoms. The zero-order chi connectivity index (χ0) is 20.1. The average Bonchev–Trinajstić information content (AvgIpc) is 3.31. The van der Waals surface area contributed by atoms with Crippen molar-refractivity contribution in [3.05, 3.63) is 77.7 Å². The molecule has 0 saturated heterocycles. The first-order valence-electron chi connectivity index (χ1n) is 9.97. The molecule has 5 rings (SSSR count). The van der Waals surface area contributed by atoms with Gasteiger partial charge in [0.2, 0.25) is 5.71 Å². The Kier molecular flexibility index (Phi) is 4.02. The van der Waals surface area contributed by atoms with E-state index < -0.39 is 0 Å². The first-order valence-corrected chi connectivity index (χ1v) is 9.97. The maximum absolute atomic E-state index is 6.27. The molecule has 4 heteroatoms. The third kappa shape index (κ3) is 2.75. The van der Waals surface area contributed by atoms with Gasteiger partial charge in [0.05, 0.1) is 11.3 Å². The van der Waals surface area contributed by atoms with E-state index in [4.69, 9.17) is 9.40 Å². The molecular weight excluding hydrogens is 358 g/mol. The SMILES string of the molecule is Cc1ccc2c(n1)oc1c(-c3nccn3-c3ccccc3C(C)C)c(C)ccc12. The maximum Gasteiger partial charge on any atom is 0.227 e. The van der Waals surface area contributed by atoms with E-state index in [2.05, 4.69) is 72.8 Å². The van der Waals surface area contributed by atoms with Crippen LogP contribution in [-0.2, 0) is 0 Å². The number of hydrogen-bond acceptors (Lipinski definition) is 3. The summed E-state index contributed by atoms with van der Waals surface area (Å²) in [6.45, 7) is 8.52. The molecule has 3 heterocycles. The number of furan rings is 1. The minimum Gasteiger partial charge on any atom is -0.437 e. The molecule has 0 radical (unpaired) electrons. The number of hydrogen-bond donors (Lipinski definition) is 0. The van der Waals surface area contributed by atoms with Crippen LogP contribution in [0.2, 0.25) is 0 Å². The van der Waals surface area contributed by atoms with Crippen LogP contribution in [0.15, 0.2) is 65.3 Å². The van der Waals surface area contributed by atoms with Crippen molar-refractivity contribution in [1.82, 2.24) is 14.5 Å². The van der Waals surface area contributed by atoms with Crippen LogP contribution in [0, 0.1) is 13.8 Å². The topological polar surface area (TPSA) is 43.9 Å². The summed E-state index contributed by atoms with van der Waals surface area (Å²) < 4.78 is 8.44. The number of aryl methyl sites for hydroxylation is 2. The summed E-state index contributed by atoms with van der Waals surface area (Å²) in [5.74, 6) is 1.30. The van der Waals surface area contributed by atoms with Crippen molar-refractivity contribution < 1.29 is 4.42 Å². The predicted octanol–water partition coefficient (Wildman–Crippen LogP) is 6.57. The highest BCUT2D eigenvalue weighted by atomic mass is 16.3. The lowest BCUT2D eigenvalue weighted by molar-refractivity contribution is 0.653. The van der Waals surface area contributed by atoms with Gasteiger partial charge in [0.1, 0.15) is 11.4 Å². The number of pyridine rings is 1. The van der Waals surface area contributed by atoms with Crippen LogP contribution in [-0.4, -0.2) is 14.5 Å². The lowest BCUT2D eigenvalue weighted by Gasteiger charge is -2.16. The van der Waals surface area contributed by atoms with Gasteiger partial charge in [0.25, 0.3) is 0 Å². The standard InChI is InChI=1S/C25H23N3O/c1-15(2)18-7-5-6-8-21(18)28-14-13-26-24(28)22-16(3)9-11-19-20-12-10-17(4)27-25(20)29-23(19)22/h5-15H,1-4H3. The molecule has 0 saturated carbocycles. The van der Waals surface area contributed by atoms with E-state index in [0.29, 0.717) is 11.6 Å². The Morgan fingerprint density at radius 3 is 2.55 bits per heavy atom. The Bertz CT molecular complexity index is 1360. The molecule has 2 aromatic carbocycles. The lowest BCUT2D eigenvalue weighted by Crippen LogP contribution is -2.03. The monoisotopic (exact) mass is 381 g/mol. The molecule has 0 unspecified atom stereocenters. The molecule has 0 aliphatic heterocycles. The summed E-state index contributed by atoms with van der Waals surface area (Å²) >= 11 is 0. The molecule has 144 valence electrons. The van der Waals surface area contributed by atoms with Crippen molar-refractivity contribution in [2.75, 3.05) is 0 Å². The minimum absolute atomic E-state index is 0.414. The fraction of sp³-hybridized carbons (Fsp3) is 0.200. The van der Waals surface area contributed by atoms with E-state index in [1.807, 2.05) is 25.4 Å². The molecule has 29 heavy (non-hydrogen) atoms. The minimum atomic E-state index is 0.414. The lowest BCUT2D eigenvalue weighted by atomic mass is 10.00. The number of nitrogens with zero attached hydrogens (tertiary/aromatic N) is 3. The van der Waals surface area contributed by atoms with E-state index in [1.165, 1.54) is 5.56 Å². The molecular formula is C25H23N3O. The highest BCUT2D eigenvalue weighted by Crippen LogP contribution is 2.38. The van der Waals surface area contributed by atoms with Crippen LogP contribution < -0.4 is 0 Å². The van der Waals surface area contributed by atoms with Gasteiger partial charge in [0.15, 0.2) is 0 Å². The van der Waals surface area contributed by atoms with Crippen LogP contribution in [0.4, 0.5) is 0 Å². The zero-order valence-electron chi connectivity index (χ0n) is 17.1. The Morgan fingerprint density at radius 1 is 0.931 bits per heavy atom. The quantitative estimate of drug-likeness (QED) is 0.355. The van der Waals surface area contributed by atoms with Crippen LogP contribution >= 0.6 is 0 Å². The van der Waals surface area contributed by atoms with Gasteiger partial charge < -0.3 is 4.42 Å². The van der Waals surface area contributed by atoms with E-state index in [9.17, 15) is 0 Å². The first kappa shape index (κ1) is 17.7. The molecule has 0 aliphatic carbocycles. The van der Waals surface area contributed by atoms with Gasteiger partial charge in [-0.2, -0.15) is 0 Å². The fourth-order valence-electron chi connectivity index (χ4n) is 4.07. The molecule has 5 aromatic rings. The highest BCUT2D eigenvalue weighted by Gasteiger charge is 2.20. The van der Waals surface area contributed by atoms with Crippen LogP contribution in [0.3, 0.4) is 0 Å². The predicted molar refractivity (Wildman–Crippen MR) is 118 cm³/mol. The molecule has 0 amide bonds. The maximum atomic E-state index is 6.27. The molecule has 4 nitrogen and oxygen atoms in total. The second kappa shape index (κ2) is 6.59. The summed E-state index contributed by atoms with van der Waals surface area (Å²) in [5.41, 5.74) is 7.04. The van der Waals surface area contributed by atoms with Gasteiger partial charge in [-0.15, -0.1) is 0 Å². The van der Waals surface area contributed by atoms with E-state index in [1.54, 1.807) is 0 Å². The number of aromatic nitrogens is 3. The Labute approximate surface area is 169 Å². The van der Waals surface area contributed by atoms with Gasteiger partial charge >= 0.3 is 0 Å². The highest BCUT2D eigenvalue weighted by molar-refractivity contribution is 6.08. The van der Waals surface area contributed by atoms with Crippen LogP contribution in [0.5, 0.6) is 0 Å². The largest absolute Gasteiger partial charge is 0.437 e. The van der Waals surface area contributed by atoms with Crippen molar-refractivity contribution in [1.29, 1.82) is 0 Å². The molecule has 0 spiro atoms. The van der Waals surface area contributed by atoms with Crippen molar-refractivity contribution >= 4 is 22.1 Å². The summed E-state index contributed by atoms with van der Waals surface area (Å²) in [6.07, 6.45) is 3.88. The van der Waals surface area contributed by atoms with E-state index >= 15 is 0 Å². The summed E-state index contributed by atoms with van der Waals surface area (Å²) in [5, 5.41) is 2.10. The van der Waals surface area contributed by atoms with Crippen molar-refractivity contribution in [3.8, 4) is 17.1 Å². The molecule has 3 aromatic heterocycles. The Morgan fingerprint density at radius 2 is 1.72 bits per heavy atom. The van der Waals surface area contributed by atoms with Crippen molar-refractivity contribution in [2.45, 2.75) is 33.6 Å². The Balaban J connectivity index is 1.82. The normalized spacial score (nSPS) is 11.8. The summed E-state index contributed by atoms with van der Waals surface area (Å²) in [4.78, 5) is 9.33. The molecule has 0 aliphatic rings. The Hall–Kier alpha value is -3.40. The van der Waals surface area contributed by atoms with Gasteiger partial charge in [-0.05, 0) is 49.1 Å². The van der Waals surface area contributed by atoms with Gasteiger partial charge in [-0.3, -0.25) is 4.57 Å². The number of para-hydroxylation sites is 1. The fourth-order valence-corrected chi connectivity index (χ4v) is 4.07. The average molecular weight is 381 g/mol. The molecule has 0 N–H and O–H groups in total. The smallest absolute Gasteiger partial charge is 0.227 e. The van der Waals surface area contributed by atoms with Gasteiger partial charge in [0, 0.05) is 28.9 Å². The van der Waals surface area contributed by atoms with E-state index in [-0.39, 0.29) is 0 Å². The third-order valence-electron chi connectivity index (χ3n) is 5.54.